The van der Waals surface area contributed by atoms with Crippen LogP contribution in [0, 0.1) is 18.3 Å². The Morgan fingerprint density at radius 3 is 2.31 bits per heavy atom. The number of nitriles is 1. The Bertz CT molecular complexity index is 960. The van der Waals surface area contributed by atoms with Gasteiger partial charge in [0.2, 0.25) is 0 Å². The maximum absolute atomic E-state index is 13.2. The summed E-state index contributed by atoms with van der Waals surface area (Å²) in [7, 11) is 0. The van der Waals surface area contributed by atoms with Gasteiger partial charge in [-0.2, -0.15) is 5.26 Å². The fourth-order valence-corrected chi connectivity index (χ4v) is 4.57. The highest BCUT2D eigenvalue weighted by Gasteiger charge is 2.28. The van der Waals surface area contributed by atoms with Crippen molar-refractivity contribution in [3.63, 3.8) is 0 Å². The van der Waals surface area contributed by atoms with Gasteiger partial charge in [0.05, 0.1) is 11.6 Å². The normalized spacial score (nSPS) is 17.4. The van der Waals surface area contributed by atoms with Crippen molar-refractivity contribution in [2.75, 3.05) is 13.1 Å². The third-order valence-corrected chi connectivity index (χ3v) is 6.63. The Labute approximate surface area is 172 Å². The largest absolute Gasteiger partial charge is 0.339 e. The highest BCUT2D eigenvalue weighted by Crippen LogP contribution is 2.39. The number of aryl methyl sites for hydroxylation is 1. The van der Waals surface area contributed by atoms with Gasteiger partial charge in [-0.05, 0) is 79.3 Å². The first-order valence-electron chi connectivity index (χ1n) is 10.5. The molecule has 29 heavy (non-hydrogen) atoms. The number of hydrogen-bond acceptors (Lipinski definition) is 3. The van der Waals surface area contributed by atoms with E-state index in [2.05, 4.69) is 12.1 Å². The lowest BCUT2D eigenvalue weighted by molar-refractivity contribution is 0.0712. The van der Waals surface area contributed by atoms with E-state index in [-0.39, 0.29) is 5.91 Å². The second-order valence-corrected chi connectivity index (χ2v) is 8.34. The Balaban J connectivity index is 1.46. The quantitative estimate of drug-likeness (QED) is 0.697. The number of hydrogen-bond donors (Lipinski definition) is 0. The minimum Gasteiger partial charge on any atom is -0.339 e. The van der Waals surface area contributed by atoms with E-state index < -0.39 is 0 Å². The van der Waals surface area contributed by atoms with E-state index in [4.69, 9.17) is 5.26 Å². The average Bonchev–Trinajstić information content (AvgIpc) is 2.72. The number of nitrogens with zero attached hydrogens (tertiary/aromatic N) is 2. The molecular formula is C25H26N2O2. The molecule has 0 spiro atoms. The van der Waals surface area contributed by atoms with E-state index in [9.17, 15) is 9.59 Å². The van der Waals surface area contributed by atoms with E-state index in [0.29, 0.717) is 41.6 Å². The van der Waals surface area contributed by atoms with Crippen molar-refractivity contribution < 1.29 is 9.59 Å². The van der Waals surface area contributed by atoms with Crippen LogP contribution in [0.3, 0.4) is 0 Å². The topological polar surface area (TPSA) is 61.2 Å². The molecule has 2 aromatic rings. The zero-order valence-corrected chi connectivity index (χ0v) is 16.9. The first-order valence-corrected chi connectivity index (χ1v) is 10.5. The van der Waals surface area contributed by atoms with Crippen molar-refractivity contribution in [1.29, 1.82) is 5.26 Å². The van der Waals surface area contributed by atoms with Gasteiger partial charge in [-0.25, -0.2) is 0 Å². The number of carbonyl (C=O) groups excluding carboxylic acids is 2. The van der Waals surface area contributed by atoms with Gasteiger partial charge in [-0.15, -0.1) is 0 Å². The zero-order valence-electron chi connectivity index (χ0n) is 16.9. The molecule has 1 heterocycles. The van der Waals surface area contributed by atoms with Crippen LogP contribution in [0.25, 0.3) is 0 Å². The van der Waals surface area contributed by atoms with Gasteiger partial charge in [0, 0.05) is 24.2 Å². The third kappa shape index (κ3) is 3.82. The van der Waals surface area contributed by atoms with Crippen molar-refractivity contribution in [2.24, 2.45) is 0 Å². The summed E-state index contributed by atoms with van der Waals surface area (Å²) in [5, 5.41) is 8.95. The zero-order chi connectivity index (χ0) is 20.4. The minimum atomic E-state index is 0.0315. The van der Waals surface area contributed by atoms with Crippen LogP contribution in [0.5, 0.6) is 0 Å². The van der Waals surface area contributed by atoms with Gasteiger partial charge >= 0.3 is 0 Å². The van der Waals surface area contributed by atoms with Crippen molar-refractivity contribution in [1.82, 2.24) is 4.90 Å². The van der Waals surface area contributed by atoms with Gasteiger partial charge in [-0.3, -0.25) is 9.59 Å². The molecule has 1 aliphatic carbocycles. The lowest BCUT2D eigenvalue weighted by atomic mass is 9.77. The summed E-state index contributed by atoms with van der Waals surface area (Å²) in [6, 6.07) is 13.8. The van der Waals surface area contributed by atoms with Gasteiger partial charge in [0.25, 0.3) is 5.91 Å². The van der Waals surface area contributed by atoms with Crippen LogP contribution in [-0.4, -0.2) is 30.2 Å². The minimum absolute atomic E-state index is 0.0315. The van der Waals surface area contributed by atoms with Gasteiger partial charge in [0.1, 0.15) is 6.29 Å². The summed E-state index contributed by atoms with van der Waals surface area (Å²) in [5.41, 5.74) is 5.33. The number of aldehydes is 1. The van der Waals surface area contributed by atoms with Crippen LogP contribution >= 0.6 is 0 Å². The molecule has 0 atom stereocenters. The summed E-state index contributed by atoms with van der Waals surface area (Å²) in [6.07, 6.45) is 6.22. The fraction of sp³-hybridized carbons (Fsp3) is 0.400. The number of rotatable bonds is 4. The average molecular weight is 386 g/mol. The van der Waals surface area contributed by atoms with Gasteiger partial charge in [-0.1, -0.05) is 24.6 Å². The fourth-order valence-electron chi connectivity index (χ4n) is 4.57. The second-order valence-electron chi connectivity index (χ2n) is 8.34. The van der Waals surface area contributed by atoms with E-state index in [1.165, 1.54) is 12.0 Å². The second kappa shape index (κ2) is 8.21. The van der Waals surface area contributed by atoms with Crippen molar-refractivity contribution >= 4 is 12.2 Å². The highest BCUT2D eigenvalue weighted by molar-refractivity contribution is 5.97. The molecule has 4 nitrogen and oxygen atoms in total. The molecule has 148 valence electrons. The highest BCUT2D eigenvalue weighted by atomic mass is 16.2. The summed E-state index contributed by atoms with van der Waals surface area (Å²) in [6.45, 7) is 3.40. The SMILES string of the molecule is Cc1cc(C2CCC2)c(C=O)cc1C(=O)N1CCC(c2ccc(C#N)cc2)CC1. The molecule has 0 radical (unpaired) electrons. The van der Waals surface area contributed by atoms with E-state index in [1.807, 2.05) is 42.2 Å². The summed E-state index contributed by atoms with van der Waals surface area (Å²) >= 11 is 0. The maximum atomic E-state index is 13.2. The van der Waals surface area contributed by atoms with Crippen LogP contribution in [0.4, 0.5) is 0 Å². The third-order valence-electron chi connectivity index (χ3n) is 6.63. The number of carbonyl (C=O) groups is 2. The molecule has 4 heteroatoms. The summed E-state index contributed by atoms with van der Waals surface area (Å²) < 4.78 is 0. The van der Waals surface area contributed by atoms with Crippen LogP contribution in [0.15, 0.2) is 36.4 Å². The molecule has 2 aromatic carbocycles. The Kier molecular flexibility index (Phi) is 5.49. The molecule has 0 N–H and O–H groups in total. The van der Waals surface area contributed by atoms with Crippen molar-refractivity contribution in [3.8, 4) is 6.07 Å². The first-order chi connectivity index (χ1) is 14.1. The summed E-state index contributed by atoms with van der Waals surface area (Å²) in [5.74, 6) is 0.921. The van der Waals surface area contributed by atoms with Gasteiger partial charge in [0.15, 0.2) is 0 Å². The molecule has 0 aromatic heterocycles. The van der Waals surface area contributed by atoms with E-state index >= 15 is 0 Å². The molecule has 1 aliphatic heterocycles. The molecule has 0 unspecified atom stereocenters. The smallest absolute Gasteiger partial charge is 0.254 e. The van der Waals surface area contributed by atoms with Crippen LogP contribution in [0.2, 0.25) is 0 Å². The first kappa shape index (κ1) is 19.4. The Morgan fingerprint density at radius 2 is 1.76 bits per heavy atom. The standard InChI is InChI=1S/C25H26N2O2/c1-17-13-24(21-3-2-4-21)22(16-28)14-23(17)25(29)27-11-9-20(10-12-27)19-7-5-18(15-26)6-8-19/h5-8,13-14,16,20-21H,2-4,9-12H2,1H3. The van der Waals surface area contributed by atoms with E-state index in [0.717, 1.165) is 43.1 Å². The Morgan fingerprint density at radius 1 is 1.07 bits per heavy atom. The molecular weight excluding hydrogens is 360 g/mol. The maximum Gasteiger partial charge on any atom is 0.254 e. The molecule has 1 saturated carbocycles. The van der Waals surface area contributed by atoms with Crippen molar-refractivity contribution in [3.05, 3.63) is 69.8 Å². The van der Waals surface area contributed by atoms with Crippen LogP contribution in [0.1, 0.15) is 86.9 Å². The van der Waals surface area contributed by atoms with Crippen LogP contribution in [-0.2, 0) is 0 Å². The number of piperidine rings is 1. The predicted molar refractivity (Wildman–Crippen MR) is 112 cm³/mol. The molecule has 2 aliphatic rings. The lowest BCUT2D eigenvalue weighted by Crippen LogP contribution is -2.38. The molecule has 1 saturated heterocycles. The monoisotopic (exact) mass is 386 g/mol. The number of likely N-dealkylation sites (tertiary alicyclic amines) is 1. The van der Waals surface area contributed by atoms with Gasteiger partial charge < -0.3 is 4.90 Å². The number of amides is 1. The lowest BCUT2D eigenvalue weighted by Gasteiger charge is -2.33. The molecule has 4 rings (SSSR count). The Hall–Kier alpha value is -2.93. The van der Waals surface area contributed by atoms with Crippen LogP contribution < -0.4 is 0 Å². The molecule has 2 fully saturated rings. The van der Waals surface area contributed by atoms with E-state index in [1.54, 1.807) is 0 Å². The molecule has 1 amide bonds. The summed E-state index contributed by atoms with van der Waals surface area (Å²) in [4.78, 5) is 26.7. The predicted octanol–water partition coefficient (Wildman–Crippen LogP) is 4.97. The molecule has 0 bridgehead atoms. The van der Waals surface area contributed by atoms with Crippen molar-refractivity contribution in [2.45, 2.75) is 50.9 Å². The number of benzene rings is 2.